The molecule has 0 fully saturated rings. The van der Waals surface area contributed by atoms with Crippen molar-refractivity contribution in [2.75, 3.05) is 6.54 Å². The largest absolute Gasteiger partial charge is 0.312 e. The first kappa shape index (κ1) is 12.1. The van der Waals surface area contributed by atoms with Crippen LogP contribution in [0, 0.1) is 9.49 Å². The maximum Gasteiger partial charge on any atom is 0.0205 e. The highest BCUT2D eigenvalue weighted by Gasteiger charge is 2.08. The van der Waals surface area contributed by atoms with Crippen LogP contribution >= 0.6 is 22.6 Å². The molecule has 0 aromatic heterocycles. The zero-order valence-electron chi connectivity index (χ0n) is 9.45. The smallest absolute Gasteiger partial charge is 0.0205 e. The highest BCUT2D eigenvalue weighted by molar-refractivity contribution is 14.1. The van der Waals surface area contributed by atoms with Gasteiger partial charge in [0, 0.05) is 10.1 Å². The first-order valence-corrected chi connectivity index (χ1v) is 7.02. The minimum Gasteiger partial charge on any atom is -0.312 e. The highest BCUT2D eigenvalue weighted by Crippen LogP contribution is 2.17. The van der Waals surface area contributed by atoms with Gasteiger partial charge >= 0.3 is 0 Å². The van der Waals surface area contributed by atoms with Gasteiger partial charge in [0.1, 0.15) is 0 Å². The van der Waals surface area contributed by atoms with Crippen molar-refractivity contribution in [3.63, 3.8) is 0 Å². The van der Waals surface area contributed by atoms with E-state index < -0.39 is 0 Å². The molecule has 1 aliphatic carbocycles. The molecule has 2 heteroatoms. The summed E-state index contributed by atoms with van der Waals surface area (Å²) >= 11 is 2.34. The summed E-state index contributed by atoms with van der Waals surface area (Å²) in [5.41, 5.74) is 1.38. The van der Waals surface area contributed by atoms with Gasteiger partial charge in [-0.25, -0.2) is 0 Å². The minimum atomic E-state index is 0.842. The van der Waals surface area contributed by atoms with E-state index in [0.29, 0.717) is 0 Å². The molecule has 86 valence electrons. The third kappa shape index (κ3) is 3.91. The van der Waals surface area contributed by atoms with E-state index in [1.165, 1.54) is 28.4 Å². The molecule has 2 rings (SSSR count). The zero-order chi connectivity index (χ0) is 11.2. The lowest BCUT2D eigenvalue weighted by molar-refractivity contribution is 0.440. The maximum atomic E-state index is 3.55. The molecule has 1 N–H and O–H groups in total. The summed E-state index contributed by atoms with van der Waals surface area (Å²) in [5.74, 6) is 0.842. The van der Waals surface area contributed by atoms with Gasteiger partial charge in [-0.2, -0.15) is 0 Å². The molecular formula is C14H18IN. The molecule has 0 radical (unpaired) electrons. The molecule has 0 aliphatic heterocycles. The summed E-state index contributed by atoms with van der Waals surface area (Å²) in [6.45, 7) is 2.15. The Morgan fingerprint density at radius 3 is 2.69 bits per heavy atom. The summed E-state index contributed by atoms with van der Waals surface area (Å²) in [7, 11) is 0. The number of benzene rings is 1. The Labute approximate surface area is 111 Å². The first-order valence-electron chi connectivity index (χ1n) is 5.95. The average Bonchev–Trinajstić information content (AvgIpc) is 2.33. The van der Waals surface area contributed by atoms with Gasteiger partial charge in [-0.15, -0.1) is 0 Å². The normalized spacial score (nSPS) is 19.9. The zero-order valence-corrected chi connectivity index (χ0v) is 11.6. The van der Waals surface area contributed by atoms with Gasteiger partial charge in [0.25, 0.3) is 0 Å². The van der Waals surface area contributed by atoms with Crippen molar-refractivity contribution in [1.29, 1.82) is 0 Å². The van der Waals surface area contributed by atoms with Crippen molar-refractivity contribution in [2.24, 2.45) is 5.92 Å². The van der Waals surface area contributed by atoms with E-state index in [1.807, 2.05) is 0 Å². The van der Waals surface area contributed by atoms with E-state index in [-0.39, 0.29) is 0 Å². The van der Waals surface area contributed by atoms with Gasteiger partial charge in [-0.1, -0.05) is 24.3 Å². The van der Waals surface area contributed by atoms with Gasteiger partial charge in [0.15, 0.2) is 0 Å². The molecule has 0 heterocycles. The summed E-state index contributed by atoms with van der Waals surface area (Å²) in [4.78, 5) is 0. The van der Waals surface area contributed by atoms with Crippen LogP contribution in [0.15, 0.2) is 36.4 Å². The number of halogens is 1. The Bertz CT molecular complexity index is 342. The highest BCUT2D eigenvalue weighted by atomic mass is 127. The van der Waals surface area contributed by atoms with Gasteiger partial charge in [-0.05, 0) is 72.0 Å². The quantitative estimate of drug-likeness (QED) is 0.656. The van der Waals surface area contributed by atoms with Crippen molar-refractivity contribution < 1.29 is 0 Å². The van der Waals surface area contributed by atoms with Crippen molar-refractivity contribution in [3.8, 4) is 0 Å². The molecule has 0 saturated carbocycles. The first-order chi connectivity index (χ1) is 7.84. The SMILES string of the molecule is Ic1ccc(CNCC2CC=CCC2)cc1. The Morgan fingerprint density at radius 1 is 1.19 bits per heavy atom. The van der Waals surface area contributed by atoms with Crippen molar-refractivity contribution >= 4 is 22.6 Å². The lowest BCUT2D eigenvalue weighted by Crippen LogP contribution is -2.23. The molecule has 1 unspecified atom stereocenters. The third-order valence-electron chi connectivity index (χ3n) is 3.05. The van der Waals surface area contributed by atoms with E-state index in [0.717, 1.165) is 19.0 Å². The molecule has 1 aromatic carbocycles. The molecule has 0 saturated heterocycles. The molecule has 1 atom stereocenters. The van der Waals surface area contributed by atoms with E-state index >= 15 is 0 Å². The second-order valence-electron chi connectivity index (χ2n) is 4.41. The third-order valence-corrected chi connectivity index (χ3v) is 3.77. The number of hydrogen-bond donors (Lipinski definition) is 1. The van der Waals surface area contributed by atoms with Crippen LogP contribution in [0.3, 0.4) is 0 Å². The summed E-state index contributed by atoms with van der Waals surface area (Å²) in [5, 5.41) is 3.55. The monoisotopic (exact) mass is 327 g/mol. The van der Waals surface area contributed by atoms with Crippen molar-refractivity contribution in [3.05, 3.63) is 45.6 Å². The van der Waals surface area contributed by atoms with Crippen LogP contribution in [0.5, 0.6) is 0 Å². The summed E-state index contributed by atoms with van der Waals surface area (Å²) < 4.78 is 1.30. The van der Waals surface area contributed by atoms with Crippen LogP contribution in [0.2, 0.25) is 0 Å². The van der Waals surface area contributed by atoms with Crippen LogP contribution in [-0.4, -0.2) is 6.54 Å². The van der Waals surface area contributed by atoms with Crippen LogP contribution < -0.4 is 5.32 Å². The van der Waals surface area contributed by atoms with Gasteiger partial charge in [-0.3, -0.25) is 0 Å². The Balaban J connectivity index is 1.71. The van der Waals surface area contributed by atoms with Crippen molar-refractivity contribution in [1.82, 2.24) is 5.32 Å². The number of nitrogens with one attached hydrogen (secondary N) is 1. The molecule has 1 aromatic rings. The predicted molar refractivity (Wildman–Crippen MR) is 77.3 cm³/mol. The van der Waals surface area contributed by atoms with Gasteiger partial charge < -0.3 is 5.32 Å². The lowest BCUT2D eigenvalue weighted by atomic mass is 9.94. The topological polar surface area (TPSA) is 12.0 Å². The van der Waals surface area contributed by atoms with E-state index in [4.69, 9.17) is 0 Å². The number of hydrogen-bond acceptors (Lipinski definition) is 1. The molecule has 0 spiro atoms. The second kappa shape index (κ2) is 6.40. The fourth-order valence-corrected chi connectivity index (χ4v) is 2.42. The maximum absolute atomic E-state index is 3.55. The molecule has 1 aliphatic rings. The summed E-state index contributed by atoms with van der Waals surface area (Å²) in [6, 6.07) is 8.74. The van der Waals surface area contributed by atoms with E-state index in [9.17, 15) is 0 Å². The van der Waals surface area contributed by atoms with E-state index in [2.05, 4.69) is 64.3 Å². The van der Waals surface area contributed by atoms with Gasteiger partial charge in [0.2, 0.25) is 0 Å². The Kier molecular flexibility index (Phi) is 4.85. The lowest BCUT2D eigenvalue weighted by Gasteiger charge is -2.18. The predicted octanol–water partition coefficient (Wildman–Crippen LogP) is 3.74. The Morgan fingerprint density at radius 2 is 2.00 bits per heavy atom. The van der Waals surface area contributed by atoms with Gasteiger partial charge in [0.05, 0.1) is 0 Å². The van der Waals surface area contributed by atoms with Crippen LogP contribution in [0.1, 0.15) is 24.8 Å². The molecule has 0 bridgehead atoms. The fourth-order valence-electron chi connectivity index (χ4n) is 2.06. The molecule has 16 heavy (non-hydrogen) atoms. The van der Waals surface area contributed by atoms with Crippen LogP contribution in [-0.2, 0) is 6.54 Å². The Hall–Kier alpha value is -0.350. The standard InChI is InChI=1S/C14H18IN/c15-14-8-6-13(7-9-14)11-16-10-12-4-2-1-3-5-12/h1-2,6-9,12,16H,3-5,10-11H2. The minimum absolute atomic E-state index is 0.842. The molecule has 1 nitrogen and oxygen atoms in total. The van der Waals surface area contributed by atoms with Crippen LogP contribution in [0.25, 0.3) is 0 Å². The van der Waals surface area contributed by atoms with Crippen molar-refractivity contribution in [2.45, 2.75) is 25.8 Å². The molecular weight excluding hydrogens is 309 g/mol. The van der Waals surface area contributed by atoms with E-state index in [1.54, 1.807) is 0 Å². The second-order valence-corrected chi connectivity index (χ2v) is 5.65. The fraction of sp³-hybridized carbons (Fsp3) is 0.429. The van der Waals surface area contributed by atoms with Crippen LogP contribution in [0.4, 0.5) is 0 Å². The number of rotatable bonds is 4. The molecule has 0 amide bonds. The summed E-state index contributed by atoms with van der Waals surface area (Å²) in [6.07, 6.45) is 8.47. The number of allylic oxidation sites excluding steroid dienone is 2. The average molecular weight is 327 g/mol.